The number of morpholine rings is 1. The molecule has 12 heteroatoms. The van der Waals surface area contributed by atoms with E-state index in [-0.39, 0.29) is 6.61 Å². The molecule has 0 amide bonds. The molecule has 2 N–H and O–H groups in total. The second-order valence-electron chi connectivity index (χ2n) is 6.56. The van der Waals surface area contributed by atoms with Gasteiger partial charge in [0.1, 0.15) is 17.8 Å². The Kier molecular flexibility index (Phi) is 4.86. The summed E-state index contributed by atoms with van der Waals surface area (Å²) in [4.78, 5) is 37.0. The van der Waals surface area contributed by atoms with Crippen LogP contribution in [0.25, 0.3) is 0 Å². The predicted octanol–water partition coefficient (Wildman–Crippen LogP) is -1.70. The molecule has 11 nitrogen and oxygen atoms in total. The van der Waals surface area contributed by atoms with Crippen molar-refractivity contribution in [1.82, 2.24) is 14.5 Å². The highest BCUT2D eigenvalue weighted by Crippen LogP contribution is 2.48. The molecule has 1 unspecified atom stereocenters. The molecule has 3 fully saturated rings. The van der Waals surface area contributed by atoms with E-state index >= 15 is 0 Å². The van der Waals surface area contributed by atoms with Gasteiger partial charge in [0.25, 0.3) is 5.56 Å². The zero-order valence-corrected chi connectivity index (χ0v) is 14.8. The summed E-state index contributed by atoms with van der Waals surface area (Å²) in [5.74, 6) is 0. The van der Waals surface area contributed by atoms with E-state index in [1.165, 1.54) is 16.8 Å². The van der Waals surface area contributed by atoms with Crippen LogP contribution < -0.4 is 11.2 Å². The average Bonchev–Trinajstić information content (AvgIpc) is 3.06. The lowest BCUT2D eigenvalue weighted by Crippen LogP contribution is -2.53. The second kappa shape index (κ2) is 7.01. The zero-order chi connectivity index (χ0) is 18.3. The average molecular weight is 389 g/mol. The third kappa shape index (κ3) is 3.20. The number of aromatic nitrogens is 2. The number of nitrogens with zero attached hydrogens (tertiary/aromatic N) is 2. The summed E-state index contributed by atoms with van der Waals surface area (Å²) in [6.07, 6.45) is -1.08. The largest absolute Gasteiger partial charge is 0.379 e. The van der Waals surface area contributed by atoms with E-state index in [1.54, 1.807) is 0 Å². The van der Waals surface area contributed by atoms with Gasteiger partial charge in [-0.05, 0) is 0 Å². The van der Waals surface area contributed by atoms with E-state index in [9.17, 15) is 19.0 Å². The summed E-state index contributed by atoms with van der Waals surface area (Å²) < 4.78 is 35.1. The molecule has 0 saturated carbocycles. The third-order valence-corrected chi connectivity index (χ3v) is 5.38. The summed E-state index contributed by atoms with van der Waals surface area (Å²) in [6.45, 7) is 3.17. The Morgan fingerprint density at radius 3 is 2.85 bits per heavy atom. The standard InChI is InChI=1S/C14H20N3O8P/c18-9-1-2-17(13(19)15-9)12-10-11(25-26(20)21)14(24-12,8-23-10)7-16-3-5-22-6-4-16/h1-2,10-12,26H,3-8H2,(H,20,21)(H,15,18,19)/t10-,11+,12+,14-/m0/s1. The van der Waals surface area contributed by atoms with E-state index in [0.29, 0.717) is 32.8 Å². The van der Waals surface area contributed by atoms with Crippen molar-refractivity contribution in [3.05, 3.63) is 33.1 Å². The highest BCUT2D eigenvalue weighted by atomic mass is 31.1. The van der Waals surface area contributed by atoms with Crippen LogP contribution in [0.15, 0.2) is 21.9 Å². The SMILES string of the molecule is O=c1ccn([C@@H]2O[C@@]3(CN4CCOCC4)CO[C@H]2[C@H]3O[PH](=O)O)c(=O)[nH]1. The van der Waals surface area contributed by atoms with Crippen molar-refractivity contribution >= 4 is 8.25 Å². The minimum atomic E-state index is -3.24. The van der Waals surface area contributed by atoms with Crippen LogP contribution in [0.4, 0.5) is 0 Å². The summed E-state index contributed by atoms with van der Waals surface area (Å²) >= 11 is 0. The van der Waals surface area contributed by atoms with Crippen molar-refractivity contribution in [1.29, 1.82) is 0 Å². The summed E-state index contributed by atoms with van der Waals surface area (Å²) in [5.41, 5.74) is -2.15. The monoisotopic (exact) mass is 389 g/mol. The van der Waals surface area contributed by atoms with Gasteiger partial charge in [0, 0.05) is 31.9 Å². The van der Waals surface area contributed by atoms with Crippen molar-refractivity contribution in [3.63, 3.8) is 0 Å². The normalized spacial score (nSPS) is 35.7. The number of hydrogen-bond donors (Lipinski definition) is 2. The molecule has 0 aromatic carbocycles. The first-order valence-electron chi connectivity index (χ1n) is 8.29. The van der Waals surface area contributed by atoms with Gasteiger partial charge in [-0.15, -0.1) is 0 Å². The highest BCUT2D eigenvalue weighted by molar-refractivity contribution is 7.32. The Hall–Kier alpha value is -1.33. The lowest BCUT2D eigenvalue weighted by atomic mass is 9.98. The topological polar surface area (TPSA) is 132 Å². The smallest absolute Gasteiger partial charge is 0.330 e. The molecule has 1 aromatic heterocycles. The maximum atomic E-state index is 12.1. The lowest BCUT2D eigenvalue weighted by Gasteiger charge is -2.37. The molecular weight excluding hydrogens is 369 g/mol. The van der Waals surface area contributed by atoms with Crippen molar-refractivity contribution in [2.24, 2.45) is 0 Å². The Labute approximate surface area is 148 Å². The Morgan fingerprint density at radius 1 is 1.38 bits per heavy atom. The van der Waals surface area contributed by atoms with Crippen molar-refractivity contribution in [2.45, 2.75) is 24.0 Å². The van der Waals surface area contributed by atoms with Gasteiger partial charge in [-0.25, -0.2) is 4.79 Å². The van der Waals surface area contributed by atoms with E-state index in [4.69, 9.17) is 18.7 Å². The van der Waals surface area contributed by atoms with Gasteiger partial charge in [-0.2, -0.15) is 0 Å². The third-order valence-electron chi connectivity index (χ3n) is 4.92. The fourth-order valence-corrected chi connectivity index (χ4v) is 4.35. The predicted molar refractivity (Wildman–Crippen MR) is 87.3 cm³/mol. The molecule has 2 bridgehead atoms. The van der Waals surface area contributed by atoms with Gasteiger partial charge in [0.15, 0.2) is 6.23 Å². The molecule has 26 heavy (non-hydrogen) atoms. The number of H-pyrrole nitrogens is 1. The Bertz CT molecular complexity index is 806. The van der Waals surface area contributed by atoms with Gasteiger partial charge < -0.3 is 23.6 Å². The molecule has 144 valence electrons. The molecule has 0 radical (unpaired) electrons. The van der Waals surface area contributed by atoms with E-state index < -0.39 is 43.5 Å². The molecule has 3 aliphatic rings. The maximum Gasteiger partial charge on any atom is 0.330 e. The fraction of sp³-hybridized carbons (Fsp3) is 0.714. The summed E-state index contributed by atoms with van der Waals surface area (Å²) in [7, 11) is -3.24. The van der Waals surface area contributed by atoms with Crippen LogP contribution in [0.3, 0.4) is 0 Å². The van der Waals surface area contributed by atoms with Crippen LogP contribution in [-0.4, -0.2) is 76.6 Å². The van der Waals surface area contributed by atoms with E-state index in [1.807, 2.05) is 0 Å². The maximum absolute atomic E-state index is 12.1. The van der Waals surface area contributed by atoms with Crippen LogP contribution >= 0.6 is 8.25 Å². The summed E-state index contributed by atoms with van der Waals surface area (Å²) in [5, 5.41) is 0. The number of hydrogen-bond acceptors (Lipinski definition) is 8. The molecule has 0 spiro atoms. The second-order valence-corrected chi connectivity index (χ2v) is 7.33. The van der Waals surface area contributed by atoms with Crippen molar-refractivity contribution in [2.75, 3.05) is 39.5 Å². The Balaban J connectivity index is 1.64. The molecule has 3 saturated heterocycles. The van der Waals surface area contributed by atoms with Crippen LogP contribution in [0.5, 0.6) is 0 Å². The molecule has 1 aromatic rings. The van der Waals surface area contributed by atoms with Crippen LogP contribution in [0.2, 0.25) is 0 Å². The number of ether oxygens (including phenoxy) is 3. The lowest BCUT2D eigenvalue weighted by molar-refractivity contribution is -0.183. The molecule has 0 aliphatic carbocycles. The molecule has 4 rings (SSSR count). The molecular formula is C14H20N3O8P. The van der Waals surface area contributed by atoms with Crippen LogP contribution in [0, 0.1) is 0 Å². The number of aromatic amines is 1. The van der Waals surface area contributed by atoms with E-state index in [0.717, 1.165) is 0 Å². The van der Waals surface area contributed by atoms with Crippen molar-refractivity contribution < 1.29 is 28.2 Å². The minimum Gasteiger partial charge on any atom is -0.379 e. The summed E-state index contributed by atoms with van der Waals surface area (Å²) in [6, 6.07) is 1.20. The van der Waals surface area contributed by atoms with Gasteiger partial charge in [-0.1, -0.05) is 0 Å². The quantitative estimate of drug-likeness (QED) is 0.566. The molecule has 4 heterocycles. The first-order chi connectivity index (χ1) is 12.5. The van der Waals surface area contributed by atoms with Crippen LogP contribution in [-0.2, 0) is 23.3 Å². The molecule has 3 aliphatic heterocycles. The van der Waals surface area contributed by atoms with Gasteiger partial charge >= 0.3 is 13.9 Å². The fourth-order valence-electron chi connectivity index (χ4n) is 3.78. The van der Waals surface area contributed by atoms with Gasteiger partial charge in [0.2, 0.25) is 0 Å². The highest BCUT2D eigenvalue weighted by Gasteiger charge is 2.64. The first kappa shape index (κ1) is 18.1. The number of rotatable bonds is 5. The first-order valence-corrected chi connectivity index (χ1v) is 9.55. The van der Waals surface area contributed by atoms with Gasteiger partial charge in [0.05, 0.1) is 19.8 Å². The number of fused-ring (bicyclic) bond motifs is 2. The van der Waals surface area contributed by atoms with Gasteiger partial charge in [-0.3, -0.25) is 23.8 Å². The Morgan fingerprint density at radius 2 is 2.15 bits per heavy atom. The van der Waals surface area contributed by atoms with Crippen LogP contribution in [0.1, 0.15) is 6.23 Å². The zero-order valence-electron chi connectivity index (χ0n) is 13.8. The van der Waals surface area contributed by atoms with E-state index in [2.05, 4.69) is 9.88 Å². The minimum absolute atomic E-state index is 0.184. The number of nitrogens with one attached hydrogen (secondary N) is 1. The molecule has 5 atom stereocenters. The van der Waals surface area contributed by atoms with Crippen molar-refractivity contribution in [3.8, 4) is 0 Å².